The zero-order valence-corrected chi connectivity index (χ0v) is 14.3. The smallest absolute Gasteiger partial charge is 0.252 e. The number of carbonyl (C=O) groups is 1. The number of morpholine rings is 1. The van der Waals surface area contributed by atoms with Gasteiger partial charge in [0.25, 0.3) is 5.91 Å². The second-order valence-corrected chi connectivity index (χ2v) is 6.76. The van der Waals surface area contributed by atoms with Gasteiger partial charge in [0, 0.05) is 24.5 Å². The summed E-state index contributed by atoms with van der Waals surface area (Å²) < 4.78 is 5.43. The summed E-state index contributed by atoms with van der Waals surface area (Å²) in [5.74, 6) is -0.134. The van der Waals surface area contributed by atoms with Gasteiger partial charge in [0.2, 0.25) is 0 Å². The highest BCUT2D eigenvalue weighted by molar-refractivity contribution is 7.10. The summed E-state index contributed by atoms with van der Waals surface area (Å²) >= 11 is 7.81. The number of benzene rings is 1. The van der Waals surface area contributed by atoms with Gasteiger partial charge >= 0.3 is 0 Å². The third kappa shape index (κ3) is 4.12. The van der Waals surface area contributed by atoms with E-state index in [0.29, 0.717) is 17.1 Å². The first-order chi connectivity index (χ1) is 11.3. The van der Waals surface area contributed by atoms with Gasteiger partial charge < -0.3 is 10.1 Å². The molecule has 4 nitrogen and oxygen atoms in total. The molecule has 1 fully saturated rings. The van der Waals surface area contributed by atoms with Crippen molar-refractivity contribution in [2.75, 3.05) is 32.8 Å². The number of nitrogens with zero attached hydrogens (tertiary/aromatic N) is 1. The Kier molecular flexibility index (Phi) is 5.67. The third-order valence-corrected chi connectivity index (χ3v) is 5.24. The number of nitrogens with one attached hydrogen (secondary N) is 1. The van der Waals surface area contributed by atoms with Crippen molar-refractivity contribution in [2.24, 2.45) is 0 Å². The van der Waals surface area contributed by atoms with Crippen LogP contribution < -0.4 is 5.32 Å². The summed E-state index contributed by atoms with van der Waals surface area (Å²) in [5, 5.41) is 5.57. The number of carbonyl (C=O) groups excluding carboxylic acids is 1. The Bertz CT molecular complexity index is 642. The Morgan fingerprint density at radius 3 is 2.74 bits per heavy atom. The lowest BCUT2D eigenvalue weighted by atomic mass is 10.1. The molecule has 23 heavy (non-hydrogen) atoms. The van der Waals surface area contributed by atoms with Gasteiger partial charge in [-0.2, -0.15) is 0 Å². The fraction of sp³-hybridized carbons (Fsp3) is 0.353. The normalized spacial score (nSPS) is 16.9. The third-order valence-electron chi connectivity index (χ3n) is 3.93. The molecular formula is C17H19ClN2O2S. The van der Waals surface area contributed by atoms with E-state index >= 15 is 0 Å². The van der Waals surface area contributed by atoms with Gasteiger partial charge in [0.05, 0.1) is 29.8 Å². The minimum atomic E-state index is -0.134. The summed E-state index contributed by atoms with van der Waals surface area (Å²) in [6, 6.07) is 11.4. The first-order valence-electron chi connectivity index (χ1n) is 7.63. The SMILES string of the molecule is O=C(NC[C@H](c1cccs1)N1CCOCC1)c1ccccc1Cl. The summed E-state index contributed by atoms with van der Waals surface area (Å²) in [7, 11) is 0. The number of amides is 1. The van der Waals surface area contributed by atoms with Crippen LogP contribution in [0.25, 0.3) is 0 Å². The van der Waals surface area contributed by atoms with Crippen molar-refractivity contribution in [3.63, 3.8) is 0 Å². The van der Waals surface area contributed by atoms with Gasteiger partial charge in [-0.25, -0.2) is 0 Å². The fourth-order valence-electron chi connectivity index (χ4n) is 2.71. The molecule has 1 saturated heterocycles. The van der Waals surface area contributed by atoms with E-state index in [4.69, 9.17) is 16.3 Å². The lowest BCUT2D eigenvalue weighted by Crippen LogP contribution is -2.43. The summed E-state index contributed by atoms with van der Waals surface area (Å²) in [5.41, 5.74) is 0.515. The quantitative estimate of drug-likeness (QED) is 0.900. The molecule has 0 saturated carbocycles. The molecule has 0 unspecified atom stereocenters. The van der Waals surface area contributed by atoms with Crippen LogP contribution in [-0.2, 0) is 4.74 Å². The maximum Gasteiger partial charge on any atom is 0.252 e. The molecular weight excluding hydrogens is 332 g/mol. The van der Waals surface area contributed by atoms with E-state index in [1.165, 1.54) is 4.88 Å². The van der Waals surface area contributed by atoms with E-state index in [9.17, 15) is 4.79 Å². The highest BCUT2D eigenvalue weighted by atomic mass is 35.5. The Hall–Kier alpha value is -1.40. The predicted octanol–water partition coefficient (Wildman–Crippen LogP) is 3.20. The molecule has 1 amide bonds. The topological polar surface area (TPSA) is 41.6 Å². The highest BCUT2D eigenvalue weighted by Gasteiger charge is 2.24. The van der Waals surface area contributed by atoms with Gasteiger partial charge in [-0.05, 0) is 23.6 Å². The molecule has 2 heterocycles. The van der Waals surface area contributed by atoms with E-state index < -0.39 is 0 Å². The van der Waals surface area contributed by atoms with Crippen molar-refractivity contribution in [3.05, 3.63) is 57.2 Å². The van der Waals surface area contributed by atoms with Crippen LogP contribution in [0.2, 0.25) is 5.02 Å². The van der Waals surface area contributed by atoms with Gasteiger partial charge in [-0.15, -0.1) is 11.3 Å². The summed E-state index contributed by atoms with van der Waals surface area (Å²) in [4.78, 5) is 16.0. The number of ether oxygens (including phenoxy) is 1. The minimum absolute atomic E-state index is 0.134. The molecule has 122 valence electrons. The molecule has 0 aliphatic carbocycles. The Balaban J connectivity index is 1.69. The maximum atomic E-state index is 12.4. The van der Waals surface area contributed by atoms with Crippen LogP contribution in [0.3, 0.4) is 0 Å². The van der Waals surface area contributed by atoms with Crippen LogP contribution in [0.4, 0.5) is 0 Å². The standard InChI is InChI=1S/C17H19ClN2O2S/c18-14-5-2-1-4-13(14)17(21)19-12-15(16-6-3-11-23-16)20-7-9-22-10-8-20/h1-6,11,15H,7-10,12H2,(H,19,21)/t15-/m1/s1. The number of halogens is 1. The van der Waals surface area contributed by atoms with Crippen molar-refractivity contribution in [2.45, 2.75) is 6.04 Å². The highest BCUT2D eigenvalue weighted by Crippen LogP contribution is 2.25. The maximum absolute atomic E-state index is 12.4. The average Bonchev–Trinajstić information content (AvgIpc) is 3.10. The van der Waals surface area contributed by atoms with Crippen LogP contribution in [0.5, 0.6) is 0 Å². The molecule has 1 aliphatic rings. The van der Waals surface area contributed by atoms with E-state index in [2.05, 4.69) is 21.7 Å². The molecule has 1 aliphatic heterocycles. The summed E-state index contributed by atoms with van der Waals surface area (Å²) in [6.45, 7) is 3.79. The van der Waals surface area contributed by atoms with Crippen LogP contribution >= 0.6 is 22.9 Å². The Morgan fingerprint density at radius 1 is 1.26 bits per heavy atom. The molecule has 2 aromatic rings. The Labute approximate surface area is 145 Å². The van der Waals surface area contributed by atoms with Gasteiger partial charge in [-0.3, -0.25) is 9.69 Å². The molecule has 1 N–H and O–H groups in total. The van der Waals surface area contributed by atoms with E-state index in [0.717, 1.165) is 26.3 Å². The van der Waals surface area contributed by atoms with Crippen molar-refractivity contribution in [1.29, 1.82) is 0 Å². The molecule has 0 bridgehead atoms. The zero-order valence-electron chi connectivity index (χ0n) is 12.7. The molecule has 0 spiro atoms. The van der Waals surface area contributed by atoms with Crippen LogP contribution in [-0.4, -0.2) is 43.7 Å². The number of hydrogen-bond acceptors (Lipinski definition) is 4. The van der Waals surface area contributed by atoms with Gasteiger partial charge in [-0.1, -0.05) is 29.8 Å². The van der Waals surface area contributed by atoms with Gasteiger partial charge in [0.15, 0.2) is 0 Å². The first kappa shape index (κ1) is 16.5. The van der Waals surface area contributed by atoms with Crippen LogP contribution in [0.15, 0.2) is 41.8 Å². The molecule has 3 rings (SSSR count). The zero-order chi connectivity index (χ0) is 16.1. The van der Waals surface area contributed by atoms with Crippen molar-refractivity contribution < 1.29 is 9.53 Å². The lowest BCUT2D eigenvalue weighted by Gasteiger charge is -2.34. The minimum Gasteiger partial charge on any atom is -0.379 e. The fourth-order valence-corrected chi connectivity index (χ4v) is 3.79. The summed E-state index contributed by atoms with van der Waals surface area (Å²) in [6.07, 6.45) is 0. The Morgan fingerprint density at radius 2 is 2.04 bits per heavy atom. The molecule has 0 radical (unpaired) electrons. The number of rotatable bonds is 5. The van der Waals surface area contributed by atoms with E-state index in [1.807, 2.05) is 18.2 Å². The van der Waals surface area contributed by atoms with Crippen LogP contribution in [0.1, 0.15) is 21.3 Å². The van der Waals surface area contributed by atoms with E-state index in [-0.39, 0.29) is 11.9 Å². The van der Waals surface area contributed by atoms with Crippen molar-refractivity contribution in [1.82, 2.24) is 10.2 Å². The molecule has 1 aromatic carbocycles. The van der Waals surface area contributed by atoms with Crippen molar-refractivity contribution in [3.8, 4) is 0 Å². The molecule has 1 aromatic heterocycles. The lowest BCUT2D eigenvalue weighted by molar-refractivity contribution is 0.0169. The monoisotopic (exact) mass is 350 g/mol. The number of hydrogen-bond donors (Lipinski definition) is 1. The second kappa shape index (κ2) is 7.93. The number of thiophene rings is 1. The van der Waals surface area contributed by atoms with E-state index in [1.54, 1.807) is 23.5 Å². The predicted molar refractivity (Wildman–Crippen MR) is 93.2 cm³/mol. The van der Waals surface area contributed by atoms with Gasteiger partial charge in [0.1, 0.15) is 0 Å². The largest absolute Gasteiger partial charge is 0.379 e. The molecule has 6 heteroatoms. The first-order valence-corrected chi connectivity index (χ1v) is 8.89. The van der Waals surface area contributed by atoms with Crippen molar-refractivity contribution >= 4 is 28.8 Å². The second-order valence-electron chi connectivity index (χ2n) is 5.37. The van der Waals surface area contributed by atoms with Crippen LogP contribution in [0, 0.1) is 0 Å². The molecule has 1 atom stereocenters. The average molecular weight is 351 g/mol.